The van der Waals surface area contributed by atoms with Gasteiger partial charge in [-0.2, -0.15) is 10.5 Å². The van der Waals surface area contributed by atoms with Gasteiger partial charge in [0.2, 0.25) is 0 Å². The highest BCUT2D eigenvalue weighted by atomic mass is 19.1. The quantitative estimate of drug-likeness (QED) is 0.407. The minimum Gasteiger partial charge on any atom is -0.430 e. The SMILES string of the molecule is N#COB(OC#N)OCF. The van der Waals surface area contributed by atoms with Crippen molar-refractivity contribution in [2.24, 2.45) is 0 Å². The predicted octanol–water partition coefficient (Wildman–Crippen LogP) is -0.0897. The average Bonchev–Trinajstić information content (AvgIpc) is 1.90. The summed E-state index contributed by atoms with van der Waals surface area (Å²) in [6, 6.07) is 0. The van der Waals surface area contributed by atoms with E-state index < -0.39 is 14.2 Å². The smallest absolute Gasteiger partial charge is 0.430 e. The molecule has 0 saturated heterocycles. The molecule has 0 fully saturated rings. The molecule has 0 aromatic carbocycles. The number of hydrogen-bond donors (Lipinski definition) is 0. The molecule has 0 aliphatic carbocycles. The molecule has 0 N–H and O–H groups in total. The van der Waals surface area contributed by atoms with E-state index >= 15 is 0 Å². The summed E-state index contributed by atoms with van der Waals surface area (Å²) in [5, 5.41) is 15.7. The van der Waals surface area contributed by atoms with Crippen LogP contribution in [0.2, 0.25) is 0 Å². The Morgan fingerprint density at radius 2 is 1.80 bits per heavy atom. The van der Waals surface area contributed by atoms with E-state index in [2.05, 4.69) is 14.0 Å². The summed E-state index contributed by atoms with van der Waals surface area (Å²) in [5.41, 5.74) is 0. The zero-order valence-corrected chi connectivity index (χ0v) is 4.78. The van der Waals surface area contributed by atoms with Crippen LogP contribution in [0, 0.1) is 23.0 Å². The highest BCUT2D eigenvalue weighted by Crippen LogP contribution is 1.89. The molecule has 0 atom stereocenters. The standard InChI is InChI=1S/C3H2BFN2O3/c5-1-8-4(9-2-6)10-3-7/h1H2. The minimum atomic E-state index is -1.57. The summed E-state index contributed by atoms with van der Waals surface area (Å²) in [7, 11) is -1.57. The van der Waals surface area contributed by atoms with E-state index in [4.69, 9.17) is 10.5 Å². The Balaban J connectivity index is 3.54. The number of rotatable bonds is 4. The molecule has 0 heterocycles. The normalized spacial score (nSPS) is 7.10. The second-order valence-corrected chi connectivity index (χ2v) is 0.983. The van der Waals surface area contributed by atoms with Gasteiger partial charge in [-0.15, -0.1) is 0 Å². The van der Waals surface area contributed by atoms with Crippen molar-refractivity contribution >= 4 is 7.32 Å². The number of nitrogens with zero attached hydrogens (tertiary/aromatic N) is 2. The van der Waals surface area contributed by atoms with Gasteiger partial charge in [-0.05, 0) is 0 Å². The molecule has 7 heteroatoms. The van der Waals surface area contributed by atoms with Gasteiger partial charge in [-0.1, -0.05) is 0 Å². The van der Waals surface area contributed by atoms with Gasteiger partial charge in [0.1, 0.15) is 0 Å². The Labute approximate surface area is 56.7 Å². The topological polar surface area (TPSA) is 75.3 Å². The zero-order valence-electron chi connectivity index (χ0n) is 4.78. The van der Waals surface area contributed by atoms with Crippen molar-refractivity contribution in [2.45, 2.75) is 0 Å². The van der Waals surface area contributed by atoms with Gasteiger partial charge >= 0.3 is 7.32 Å². The third kappa shape index (κ3) is 3.53. The van der Waals surface area contributed by atoms with E-state index in [1.165, 1.54) is 12.5 Å². The van der Waals surface area contributed by atoms with Crippen molar-refractivity contribution in [3.63, 3.8) is 0 Å². The lowest BCUT2D eigenvalue weighted by molar-refractivity contribution is 0.113. The van der Waals surface area contributed by atoms with E-state index in [1.807, 2.05) is 0 Å². The van der Waals surface area contributed by atoms with Gasteiger partial charge in [0.15, 0.2) is 6.86 Å². The summed E-state index contributed by atoms with van der Waals surface area (Å²) < 4.78 is 23.1. The van der Waals surface area contributed by atoms with E-state index in [1.54, 1.807) is 0 Å². The van der Waals surface area contributed by atoms with Crippen LogP contribution >= 0.6 is 0 Å². The highest BCUT2D eigenvalue weighted by Gasteiger charge is 2.25. The highest BCUT2D eigenvalue weighted by molar-refractivity contribution is 6.37. The Kier molecular flexibility index (Phi) is 4.84. The Bertz CT molecular complexity index is 148. The van der Waals surface area contributed by atoms with Gasteiger partial charge in [0.25, 0.3) is 12.5 Å². The molecule has 52 valence electrons. The van der Waals surface area contributed by atoms with Gasteiger partial charge in [-0.25, -0.2) is 4.39 Å². The number of hydrogen-bond acceptors (Lipinski definition) is 5. The molecular formula is C3H2BFN2O3. The number of alkyl halides is 1. The molecule has 0 rings (SSSR count). The molecule has 0 radical (unpaired) electrons. The minimum absolute atomic E-state index is 1.17. The maximum Gasteiger partial charge on any atom is 0.810 e. The average molecular weight is 144 g/mol. The Morgan fingerprint density at radius 3 is 2.10 bits per heavy atom. The van der Waals surface area contributed by atoms with Gasteiger partial charge in [0.05, 0.1) is 0 Å². The first-order chi connectivity index (χ1) is 4.85. The fraction of sp³-hybridized carbons (Fsp3) is 0.333. The second kappa shape index (κ2) is 5.67. The molecule has 0 bridgehead atoms. The van der Waals surface area contributed by atoms with Crippen LogP contribution in [0.4, 0.5) is 4.39 Å². The molecule has 0 saturated carbocycles. The summed E-state index contributed by atoms with van der Waals surface area (Å²) in [5.74, 6) is 0. The first-order valence-electron chi connectivity index (χ1n) is 2.12. The van der Waals surface area contributed by atoms with E-state index in [0.29, 0.717) is 0 Å². The van der Waals surface area contributed by atoms with Crippen LogP contribution < -0.4 is 0 Å². The molecule has 5 nitrogen and oxygen atoms in total. The van der Waals surface area contributed by atoms with Gasteiger partial charge in [-0.3, -0.25) is 0 Å². The predicted molar refractivity (Wildman–Crippen MR) is 26.2 cm³/mol. The molecule has 0 aromatic rings. The van der Waals surface area contributed by atoms with Crippen molar-refractivity contribution in [3.05, 3.63) is 0 Å². The van der Waals surface area contributed by atoms with Crippen LogP contribution in [-0.4, -0.2) is 14.2 Å². The molecule has 0 aliphatic heterocycles. The maximum atomic E-state index is 11.3. The first kappa shape index (κ1) is 8.53. The third-order valence-electron chi connectivity index (χ3n) is 0.497. The largest absolute Gasteiger partial charge is 0.810 e. The first-order valence-corrected chi connectivity index (χ1v) is 2.12. The monoisotopic (exact) mass is 144 g/mol. The lowest BCUT2D eigenvalue weighted by Crippen LogP contribution is -2.22. The molecular weight excluding hydrogens is 142 g/mol. The molecule has 0 amide bonds. The fourth-order valence-electron chi connectivity index (χ4n) is 0.230. The van der Waals surface area contributed by atoms with Crippen LogP contribution in [0.25, 0.3) is 0 Å². The van der Waals surface area contributed by atoms with Crippen molar-refractivity contribution in [1.29, 1.82) is 10.5 Å². The van der Waals surface area contributed by atoms with Gasteiger partial charge < -0.3 is 14.0 Å². The van der Waals surface area contributed by atoms with E-state index in [9.17, 15) is 4.39 Å². The summed E-state index contributed by atoms with van der Waals surface area (Å²) >= 11 is 0. The Morgan fingerprint density at radius 1 is 1.30 bits per heavy atom. The summed E-state index contributed by atoms with van der Waals surface area (Å²) in [4.78, 5) is 0. The molecule has 0 spiro atoms. The molecule has 0 aliphatic rings. The summed E-state index contributed by atoms with van der Waals surface area (Å²) in [6.07, 6.45) is 2.34. The lowest BCUT2D eigenvalue weighted by atomic mass is 10.2. The van der Waals surface area contributed by atoms with Crippen LogP contribution in [-0.2, 0) is 14.0 Å². The van der Waals surface area contributed by atoms with Crippen molar-refractivity contribution in [1.82, 2.24) is 0 Å². The van der Waals surface area contributed by atoms with Crippen molar-refractivity contribution in [3.8, 4) is 12.5 Å². The fourth-order valence-corrected chi connectivity index (χ4v) is 0.230. The van der Waals surface area contributed by atoms with E-state index in [-0.39, 0.29) is 0 Å². The van der Waals surface area contributed by atoms with Crippen LogP contribution in [0.1, 0.15) is 0 Å². The van der Waals surface area contributed by atoms with Crippen LogP contribution in [0.3, 0.4) is 0 Å². The third-order valence-corrected chi connectivity index (χ3v) is 0.497. The molecule has 0 aromatic heterocycles. The molecule has 10 heavy (non-hydrogen) atoms. The zero-order chi connectivity index (χ0) is 7.82. The summed E-state index contributed by atoms with van der Waals surface area (Å²) in [6.45, 7) is -1.19. The maximum absolute atomic E-state index is 11.3. The van der Waals surface area contributed by atoms with Crippen molar-refractivity contribution in [2.75, 3.05) is 6.86 Å². The Hall–Kier alpha value is -1.47. The number of nitriles is 2. The molecule has 0 unspecified atom stereocenters. The van der Waals surface area contributed by atoms with Gasteiger partial charge in [0, 0.05) is 0 Å². The van der Waals surface area contributed by atoms with Crippen LogP contribution in [0.15, 0.2) is 0 Å². The van der Waals surface area contributed by atoms with Crippen molar-refractivity contribution < 1.29 is 18.4 Å². The lowest BCUT2D eigenvalue weighted by Gasteiger charge is -1.99. The second-order valence-electron chi connectivity index (χ2n) is 0.983. The van der Waals surface area contributed by atoms with E-state index in [0.717, 1.165) is 0 Å². The van der Waals surface area contributed by atoms with Crippen LogP contribution in [0.5, 0.6) is 0 Å². The number of halogens is 1.